The average Bonchev–Trinajstić information content (AvgIpc) is 2.33. The highest BCUT2D eigenvalue weighted by atomic mass is 35.5. The Morgan fingerprint density at radius 3 is 3.20 bits per heavy atom. The molecule has 1 aromatic rings. The molecule has 0 radical (unpaired) electrons. The number of hydrogen-bond acceptors (Lipinski definition) is 2. The molecular weight excluding hydrogens is 148 g/mol. The van der Waals surface area contributed by atoms with E-state index in [4.69, 9.17) is 11.6 Å². The number of fused-ring (bicyclic) bond motifs is 1. The maximum Gasteiger partial charge on any atom is 0.156 e. The topological polar surface area (TPSA) is 25.2 Å². The molecule has 0 N–H and O–H groups in total. The molecule has 0 fully saturated rings. The SMILES string of the molecule is Clc1ccc2c(n1)N=CC2. The van der Waals surface area contributed by atoms with E-state index < -0.39 is 0 Å². The second kappa shape index (κ2) is 2.06. The van der Waals surface area contributed by atoms with Gasteiger partial charge in [0.05, 0.1) is 0 Å². The lowest BCUT2D eigenvalue weighted by Crippen LogP contribution is -1.80. The Kier molecular flexibility index (Phi) is 1.21. The van der Waals surface area contributed by atoms with Gasteiger partial charge in [0.1, 0.15) is 5.15 Å². The first-order chi connectivity index (χ1) is 4.86. The van der Waals surface area contributed by atoms with Crippen LogP contribution in [0.1, 0.15) is 5.56 Å². The van der Waals surface area contributed by atoms with Crippen LogP contribution >= 0.6 is 11.6 Å². The number of nitrogens with zero attached hydrogens (tertiary/aromatic N) is 2. The number of halogens is 1. The zero-order chi connectivity index (χ0) is 6.97. The first-order valence-corrected chi connectivity index (χ1v) is 3.42. The molecule has 0 aromatic carbocycles. The smallest absolute Gasteiger partial charge is 0.156 e. The van der Waals surface area contributed by atoms with Gasteiger partial charge in [0.2, 0.25) is 0 Å². The first-order valence-electron chi connectivity index (χ1n) is 3.04. The van der Waals surface area contributed by atoms with Crippen LogP contribution < -0.4 is 0 Å². The van der Waals surface area contributed by atoms with Gasteiger partial charge >= 0.3 is 0 Å². The maximum atomic E-state index is 5.64. The molecule has 0 aliphatic carbocycles. The van der Waals surface area contributed by atoms with Crippen molar-refractivity contribution in [2.75, 3.05) is 0 Å². The van der Waals surface area contributed by atoms with Crippen molar-refractivity contribution in [1.29, 1.82) is 0 Å². The van der Waals surface area contributed by atoms with Gasteiger partial charge in [-0.2, -0.15) is 0 Å². The van der Waals surface area contributed by atoms with E-state index in [2.05, 4.69) is 9.98 Å². The Hall–Kier alpha value is -0.890. The van der Waals surface area contributed by atoms with Gasteiger partial charge in [-0.15, -0.1) is 0 Å². The predicted molar refractivity (Wildman–Crippen MR) is 41.1 cm³/mol. The molecule has 0 bridgehead atoms. The Balaban J connectivity index is 2.60. The third-order valence-electron chi connectivity index (χ3n) is 1.45. The van der Waals surface area contributed by atoms with Crippen molar-refractivity contribution in [3.05, 3.63) is 22.8 Å². The van der Waals surface area contributed by atoms with Gasteiger partial charge in [-0.05, 0) is 6.07 Å². The summed E-state index contributed by atoms with van der Waals surface area (Å²) >= 11 is 5.64. The number of aliphatic imine (C=N–C) groups is 1. The highest BCUT2D eigenvalue weighted by molar-refractivity contribution is 6.29. The largest absolute Gasteiger partial charge is 0.241 e. The van der Waals surface area contributed by atoms with Crippen molar-refractivity contribution in [2.24, 2.45) is 4.99 Å². The quantitative estimate of drug-likeness (QED) is 0.522. The zero-order valence-electron chi connectivity index (χ0n) is 5.21. The number of pyridine rings is 1. The van der Waals surface area contributed by atoms with Crippen molar-refractivity contribution in [3.63, 3.8) is 0 Å². The summed E-state index contributed by atoms with van der Waals surface area (Å²) in [6.45, 7) is 0. The third-order valence-corrected chi connectivity index (χ3v) is 1.66. The van der Waals surface area contributed by atoms with E-state index in [-0.39, 0.29) is 0 Å². The molecule has 1 aliphatic rings. The fourth-order valence-electron chi connectivity index (χ4n) is 0.956. The lowest BCUT2D eigenvalue weighted by atomic mass is 10.2. The zero-order valence-corrected chi connectivity index (χ0v) is 5.97. The Bertz CT molecular complexity index is 294. The molecule has 0 saturated carbocycles. The average molecular weight is 153 g/mol. The molecule has 50 valence electrons. The highest BCUT2D eigenvalue weighted by Gasteiger charge is 2.06. The number of rotatable bonds is 0. The molecule has 3 heteroatoms. The monoisotopic (exact) mass is 152 g/mol. The van der Waals surface area contributed by atoms with Crippen LogP contribution in [0.5, 0.6) is 0 Å². The van der Waals surface area contributed by atoms with Crippen molar-refractivity contribution >= 4 is 23.6 Å². The molecule has 0 atom stereocenters. The minimum Gasteiger partial charge on any atom is -0.241 e. The molecule has 2 heterocycles. The van der Waals surface area contributed by atoms with Crippen LogP contribution in [0.2, 0.25) is 5.15 Å². The summed E-state index contributed by atoms with van der Waals surface area (Å²) in [7, 11) is 0. The molecule has 0 amide bonds. The molecule has 1 aromatic heterocycles. The van der Waals surface area contributed by atoms with Crippen LogP contribution in [0, 0.1) is 0 Å². The summed E-state index contributed by atoms with van der Waals surface area (Å²) in [4.78, 5) is 8.06. The molecule has 0 saturated heterocycles. The van der Waals surface area contributed by atoms with Crippen LogP contribution in [-0.2, 0) is 6.42 Å². The second-order valence-electron chi connectivity index (χ2n) is 2.13. The van der Waals surface area contributed by atoms with Crippen LogP contribution in [0.3, 0.4) is 0 Å². The van der Waals surface area contributed by atoms with E-state index in [0.29, 0.717) is 5.15 Å². The van der Waals surface area contributed by atoms with Gasteiger partial charge in [0.25, 0.3) is 0 Å². The summed E-state index contributed by atoms with van der Waals surface area (Å²) in [5.41, 5.74) is 1.16. The normalized spacial score (nSPS) is 13.7. The van der Waals surface area contributed by atoms with E-state index in [0.717, 1.165) is 17.8 Å². The number of hydrogen-bond donors (Lipinski definition) is 0. The van der Waals surface area contributed by atoms with Gasteiger partial charge in [-0.1, -0.05) is 17.7 Å². The van der Waals surface area contributed by atoms with E-state index in [1.165, 1.54) is 0 Å². The van der Waals surface area contributed by atoms with Crippen LogP contribution in [0.15, 0.2) is 17.1 Å². The lowest BCUT2D eigenvalue weighted by molar-refractivity contribution is 1.25. The Labute approximate surface area is 63.6 Å². The van der Waals surface area contributed by atoms with Crippen molar-refractivity contribution < 1.29 is 0 Å². The Morgan fingerprint density at radius 2 is 2.30 bits per heavy atom. The second-order valence-corrected chi connectivity index (χ2v) is 2.52. The molecular formula is C7H5ClN2. The fourth-order valence-corrected chi connectivity index (χ4v) is 1.10. The lowest BCUT2D eigenvalue weighted by Gasteiger charge is -1.93. The molecule has 10 heavy (non-hydrogen) atoms. The minimum atomic E-state index is 0.512. The molecule has 0 spiro atoms. The minimum absolute atomic E-state index is 0.512. The standard InChI is InChI=1S/C7H5ClN2/c8-6-2-1-5-3-4-9-7(5)10-6/h1-2,4H,3H2. The van der Waals surface area contributed by atoms with E-state index in [9.17, 15) is 0 Å². The van der Waals surface area contributed by atoms with E-state index in [1.54, 1.807) is 6.07 Å². The van der Waals surface area contributed by atoms with Gasteiger partial charge < -0.3 is 0 Å². The van der Waals surface area contributed by atoms with Crippen molar-refractivity contribution in [2.45, 2.75) is 6.42 Å². The maximum absolute atomic E-state index is 5.64. The Morgan fingerprint density at radius 1 is 1.40 bits per heavy atom. The third kappa shape index (κ3) is 0.809. The van der Waals surface area contributed by atoms with Gasteiger partial charge in [-0.3, -0.25) is 0 Å². The molecule has 2 nitrogen and oxygen atoms in total. The summed E-state index contributed by atoms with van der Waals surface area (Å²) in [6.07, 6.45) is 2.73. The molecule has 1 aliphatic heterocycles. The summed E-state index contributed by atoms with van der Waals surface area (Å²) in [5, 5.41) is 0.512. The highest BCUT2D eigenvalue weighted by Crippen LogP contribution is 2.22. The van der Waals surface area contributed by atoms with E-state index in [1.807, 2.05) is 12.3 Å². The van der Waals surface area contributed by atoms with Crippen molar-refractivity contribution in [1.82, 2.24) is 4.98 Å². The van der Waals surface area contributed by atoms with E-state index >= 15 is 0 Å². The molecule has 0 unspecified atom stereocenters. The fraction of sp³-hybridized carbons (Fsp3) is 0.143. The first kappa shape index (κ1) is 5.86. The van der Waals surface area contributed by atoms with Gasteiger partial charge in [0, 0.05) is 18.2 Å². The van der Waals surface area contributed by atoms with Crippen molar-refractivity contribution in [3.8, 4) is 0 Å². The van der Waals surface area contributed by atoms with Crippen LogP contribution in [-0.4, -0.2) is 11.2 Å². The summed E-state index contributed by atoms with van der Waals surface area (Å²) in [6, 6.07) is 3.74. The van der Waals surface area contributed by atoms with Crippen LogP contribution in [0.25, 0.3) is 0 Å². The van der Waals surface area contributed by atoms with Gasteiger partial charge in [0.15, 0.2) is 5.82 Å². The summed E-state index contributed by atoms with van der Waals surface area (Å²) in [5.74, 6) is 0.771. The summed E-state index contributed by atoms with van der Waals surface area (Å²) < 4.78 is 0. The number of aromatic nitrogens is 1. The molecule has 2 rings (SSSR count). The predicted octanol–water partition coefficient (Wildman–Crippen LogP) is 1.99. The van der Waals surface area contributed by atoms with Crippen LogP contribution in [0.4, 0.5) is 5.82 Å². The van der Waals surface area contributed by atoms with Gasteiger partial charge in [-0.25, -0.2) is 9.98 Å².